The molecule has 0 spiro atoms. The molecule has 1 aromatic rings. The summed E-state index contributed by atoms with van der Waals surface area (Å²) in [5, 5.41) is 5.67. The van der Waals surface area contributed by atoms with Crippen LogP contribution in [0.15, 0.2) is 24.3 Å². The van der Waals surface area contributed by atoms with Crippen LogP contribution in [-0.2, 0) is 11.3 Å². The number of urea groups is 1. The third-order valence-corrected chi connectivity index (χ3v) is 4.36. The molecule has 2 unspecified atom stereocenters. The number of ether oxygens (including phenoxy) is 2. The first kappa shape index (κ1) is 17.6. The molecule has 0 aliphatic heterocycles. The van der Waals surface area contributed by atoms with Crippen molar-refractivity contribution in [3.8, 4) is 5.75 Å². The number of amides is 2. The molecular formula is C18H28N2O3. The Morgan fingerprint density at radius 3 is 2.61 bits per heavy atom. The van der Waals surface area contributed by atoms with Crippen LogP contribution in [0.1, 0.15) is 38.2 Å². The average molecular weight is 320 g/mol. The van der Waals surface area contributed by atoms with Gasteiger partial charge in [-0.15, -0.1) is 0 Å². The zero-order valence-corrected chi connectivity index (χ0v) is 14.1. The molecule has 1 aliphatic carbocycles. The zero-order valence-electron chi connectivity index (χ0n) is 14.1. The maximum atomic E-state index is 11.8. The highest BCUT2D eigenvalue weighted by Crippen LogP contribution is 2.25. The summed E-state index contributed by atoms with van der Waals surface area (Å²) in [5.41, 5.74) is 1.04. The molecule has 0 saturated heterocycles. The van der Waals surface area contributed by atoms with Crippen LogP contribution in [0.2, 0.25) is 0 Å². The highest BCUT2D eigenvalue weighted by molar-refractivity contribution is 5.73. The number of nitrogens with one attached hydrogen (secondary N) is 2. The Labute approximate surface area is 138 Å². The SMILES string of the molecule is COc1ccc(CNC(=O)NCCOC2CCCCC2C)cc1. The number of carbonyl (C=O) groups is 1. The van der Waals surface area contributed by atoms with Crippen molar-refractivity contribution in [2.45, 2.75) is 45.3 Å². The number of benzene rings is 1. The van der Waals surface area contributed by atoms with Gasteiger partial charge >= 0.3 is 6.03 Å². The van der Waals surface area contributed by atoms with Gasteiger partial charge in [0, 0.05) is 13.1 Å². The Hall–Kier alpha value is -1.75. The summed E-state index contributed by atoms with van der Waals surface area (Å²) < 4.78 is 11.0. The number of methoxy groups -OCH3 is 1. The van der Waals surface area contributed by atoms with E-state index in [9.17, 15) is 4.79 Å². The molecule has 2 rings (SSSR count). The van der Waals surface area contributed by atoms with Gasteiger partial charge in [0.05, 0.1) is 19.8 Å². The van der Waals surface area contributed by atoms with E-state index < -0.39 is 0 Å². The predicted molar refractivity (Wildman–Crippen MR) is 90.6 cm³/mol. The molecule has 0 bridgehead atoms. The van der Waals surface area contributed by atoms with E-state index in [0.717, 1.165) is 17.7 Å². The lowest BCUT2D eigenvalue weighted by molar-refractivity contribution is -0.00243. The molecule has 5 heteroatoms. The van der Waals surface area contributed by atoms with E-state index in [1.54, 1.807) is 7.11 Å². The van der Waals surface area contributed by atoms with Crippen LogP contribution < -0.4 is 15.4 Å². The minimum absolute atomic E-state index is 0.166. The van der Waals surface area contributed by atoms with Gasteiger partial charge in [-0.3, -0.25) is 0 Å². The smallest absolute Gasteiger partial charge is 0.315 e. The normalized spacial score (nSPS) is 20.8. The topological polar surface area (TPSA) is 59.6 Å². The summed E-state index contributed by atoms with van der Waals surface area (Å²) in [6.07, 6.45) is 5.32. The first-order valence-electron chi connectivity index (χ1n) is 8.45. The maximum Gasteiger partial charge on any atom is 0.315 e. The summed E-state index contributed by atoms with van der Waals surface area (Å²) in [4.78, 5) is 11.8. The first-order valence-corrected chi connectivity index (χ1v) is 8.45. The second-order valence-corrected chi connectivity index (χ2v) is 6.13. The highest BCUT2D eigenvalue weighted by atomic mass is 16.5. The Morgan fingerprint density at radius 2 is 1.91 bits per heavy atom. The summed E-state index contributed by atoms with van der Waals surface area (Å²) in [5.74, 6) is 1.44. The molecule has 23 heavy (non-hydrogen) atoms. The van der Waals surface area contributed by atoms with Crippen LogP contribution in [0.25, 0.3) is 0 Å². The largest absolute Gasteiger partial charge is 0.497 e. The molecule has 1 aliphatic rings. The predicted octanol–water partition coefficient (Wildman–Crippen LogP) is 3.09. The minimum atomic E-state index is -0.166. The molecule has 0 radical (unpaired) electrons. The molecule has 1 aromatic carbocycles. The molecule has 128 valence electrons. The van der Waals surface area contributed by atoms with Crippen LogP contribution in [0, 0.1) is 5.92 Å². The van der Waals surface area contributed by atoms with Gasteiger partial charge in [0.2, 0.25) is 0 Å². The van der Waals surface area contributed by atoms with Crippen molar-refractivity contribution in [2.75, 3.05) is 20.3 Å². The van der Waals surface area contributed by atoms with Crippen molar-refractivity contribution in [2.24, 2.45) is 5.92 Å². The van der Waals surface area contributed by atoms with Gasteiger partial charge in [-0.1, -0.05) is 31.9 Å². The minimum Gasteiger partial charge on any atom is -0.497 e. The highest BCUT2D eigenvalue weighted by Gasteiger charge is 2.21. The van der Waals surface area contributed by atoms with Crippen LogP contribution in [0.4, 0.5) is 4.79 Å². The van der Waals surface area contributed by atoms with Crippen LogP contribution in [0.5, 0.6) is 5.75 Å². The van der Waals surface area contributed by atoms with Crippen molar-refractivity contribution in [3.05, 3.63) is 29.8 Å². The lowest BCUT2D eigenvalue weighted by Crippen LogP contribution is -2.38. The molecule has 0 heterocycles. The maximum absolute atomic E-state index is 11.8. The van der Waals surface area contributed by atoms with Crippen molar-refractivity contribution >= 4 is 6.03 Å². The van der Waals surface area contributed by atoms with Crippen LogP contribution in [0.3, 0.4) is 0 Å². The Kier molecular flexibility index (Phi) is 7.20. The Morgan fingerprint density at radius 1 is 1.17 bits per heavy atom. The zero-order chi connectivity index (χ0) is 16.5. The molecule has 5 nitrogen and oxygen atoms in total. The summed E-state index contributed by atoms with van der Waals surface area (Å²) in [6.45, 7) is 3.86. The molecule has 2 atom stereocenters. The van der Waals surface area contributed by atoms with Gasteiger partial charge in [0.25, 0.3) is 0 Å². The van der Waals surface area contributed by atoms with E-state index in [-0.39, 0.29) is 6.03 Å². The Balaban J connectivity index is 1.57. The lowest BCUT2D eigenvalue weighted by atomic mass is 9.88. The van der Waals surface area contributed by atoms with E-state index in [4.69, 9.17) is 9.47 Å². The number of hydrogen-bond acceptors (Lipinski definition) is 3. The van der Waals surface area contributed by atoms with Crippen LogP contribution in [-0.4, -0.2) is 32.4 Å². The van der Waals surface area contributed by atoms with Gasteiger partial charge in [0.1, 0.15) is 5.75 Å². The average Bonchev–Trinajstić information content (AvgIpc) is 2.59. The number of carbonyl (C=O) groups excluding carboxylic acids is 1. The van der Waals surface area contributed by atoms with Gasteiger partial charge < -0.3 is 20.1 Å². The van der Waals surface area contributed by atoms with Crippen LogP contribution >= 0.6 is 0 Å². The second kappa shape index (κ2) is 9.40. The van der Waals surface area contributed by atoms with Gasteiger partial charge in [-0.25, -0.2) is 4.79 Å². The van der Waals surface area contributed by atoms with Crippen molar-refractivity contribution in [1.29, 1.82) is 0 Å². The summed E-state index contributed by atoms with van der Waals surface area (Å²) in [6, 6.07) is 7.47. The number of hydrogen-bond donors (Lipinski definition) is 2. The van der Waals surface area contributed by atoms with E-state index >= 15 is 0 Å². The van der Waals surface area contributed by atoms with Gasteiger partial charge in [-0.05, 0) is 36.5 Å². The monoisotopic (exact) mass is 320 g/mol. The standard InChI is InChI=1S/C18H28N2O3/c1-14-5-3-4-6-17(14)23-12-11-19-18(21)20-13-15-7-9-16(22-2)10-8-15/h7-10,14,17H,3-6,11-13H2,1-2H3,(H2,19,20,21). The van der Waals surface area contributed by atoms with Gasteiger partial charge in [-0.2, -0.15) is 0 Å². The molecule has 0 aromatic heterocycles. The summed E-state index contributed by atoms with van der Waals surface area (Å²) in [7, 11) is 1.64. The fraction of sp³-hybridized carbons (Fsp3) is 0.611. The van der Waals surface area contributed by atoms with Crippen molar-refractivity contribution < 1.29 is 14.3 Å². The quantitative estimate of drug-likeness (QED) is 0.759. The van der Waals surface area contributed by atoms with E-state index in [2.05, 4.69) is 17.6 Å². The third-order valence-electron chi connectivity index (χ3n) is 4.36. The number of rotatable bonds is 7. The molecule has 1 fully saturated rings. The van der Waals surface area contributed by atoms with Gasteiger partial charge in [0.15, 0.2) is 0 Å². The molecule has 2 N–H and O–H groups in total. The van der Waals surface area contributed by atoms with E-state index in [1.165, 1.54) is 19.3 Å². The van der Waals surface area contributed by atoms with E-state index in [1.807, 2.05) is 24.3 Å². The Bertz CT molecular complexity index is 476. The third kappa shape index (κ3) is 6.10. The van der Waals surface area contributed by atoms with Crippen molar-refractivity contribution in [1.82, 2.24) is 10.6 Å². The second-order valence-electron chi connectivity index (χ2n) is 6.13. The summed E-state index contributed by atoms with van der Waals surface area (Å²) >= 11 is 0. The first-order chi connectivity index (χ1) is 11.2. The fourth-order valence-electron chi connectivity index (χ4n) is 2.89. The molecular weight excluding hydrogens is 292 g/mol. The molecule has 2 amide bonds. The van der Waals surface area contributed by atoms with Crippen molar-refractivity contribution in [3.63, 3.8) is 0 Å². The lowest BCUT2D eigenvalue weighted by Gasteiger charge is -2.28. The fourth-order valence-corrected chi connectivity index (χ4v) is 2.89. The molecule has 1 saturated carbocycles. The van der Waals surface area contributed by atoms with E-state index in [0.29, 0.717) is 31.7 Å².